The van der Waals surface area contributed by atoms with Crippen molar-refractivity contribution in [3.8, 4) is 5.75 Å². The number of aromatic nitrogens is 2. The zero-order valence-electron chi connectivity index (χ0n) is 14.0. The molecule has 1 aromatic carbocycles. The van der Waals surface area contributed by atoms with Crippen molar-refractivity contribution in [2.75, 3.05) is 12.4 Å². The summed E-state index contributed by atoms with van der Waals surface area (Å²) in [5, 5.41) is 12.2. The number of anilines is 1. The minimum atomic E-state index is -4.62. The maximum Gasteiger partial charge on any atom is 0.433 e. The van der Waals surface area contributed by atoms with Crippen LogP contribution in [0.4, 0.5) is 24.5 Å². The number of alkyl halides is 3. The Balaban J connectivity index is 2.15. The maximum absolute atomic E-state index is 12.7. The Morgan fingerprint density at radius 2 is 2.07 bits per heavy atom. The Labute approximate surface area is 155 Å². The average Bonchev–Trinajstić information content (AvgIpc) is 2.61. The standard InChI is InChI=1S/C15H13F3N4O4S/c1-8(27-14-19-6-5-12(21-14)15(16,17)18)13(23)20-10-7-9(22(24)25)3-4-11(10)26-2/h3-8H,1-2H3,(H,20,23). The van der Waals surface area contributed by atoms with E-state index in [1.165, 1.54) is 26.2 Å². The zero-order valence-corrected chi connectivity index (χ0v) is 14.8. The van der Waals surface area contributed by atoms with Crippen LogP contribution in [0.5, 0.6) is 5.75 Å². The molecule has 144 valence electrons. The van der Waals surface area contributed by atoms with E-state index in [0.29, 0.717) is 11.8 Å². The third kappa shape index (κ3) is 5.29. The van der Waals surface area contributed by atoms with Crippen molar-refractivity contribution < 1.29 is 27.6 Å². The van der Waals surface area contributed by atoms with E-state index in [2.05, 4.69) is 15.3 Å². The lowest BCUT2D eigenvalue weighted by atomic mass is 10.2. The number of nitro benzene ring substituents is 1. The predicted octanol–water partition coefficient (Wildman–Crippen LogP) is 3.53. The van der Waals surface area contributed by atoms with Gasteiger partial charge in [0, 0.05) is 18.3 Å². The molecule has 0 fully saturated rings. The van der Waals surface area contributed by atoms with Crippen LogP contribution in [0.25, 0.3) is 0 Å². The number of nitro groups is 1. The van der Waals surface area contributed by atoms with Gasteiger partial charge in [-0.1, -0.05) is 11.8 Å². The Bertz CT molecular complexity index is 863. The molecule has 2 aromatic rings. The highest BCUT2D eigenvalue weighted by Gasteiger charge is 2.33. The van der Waals surface area contributed by atoms with Crippen LogP contribution in [0.2, 0.25) is 0 Å². The number of halogens is 3. The van der Waals surface area contributed by atoms with Crippen LogP contribution in [0.3, 0.4) is 0 Å². The summed E-state index contributed by atoms with van der Waals surface area (Å²) >= 11 is 0.716. The van der Waals surface area contributed by atoms with Crippen LogP contribution in [0.1, 0.15) is 12.6 Å². The molecule has 0 radical (unpaired) electrons. The van der Waals surface area contributed by atoms with Crippen molar-refractivity contribution in [3.05, 3.63) is 46.3 Å². The molecule has 0 aliphatic heterocycles. The second-order valence-electron chi connectivity index (χ2n) is 5.11. The van der Waals surface area contributed by atoms with E-state index in [-0.39, 0.29) is 22.3 Å². The lowest BCUT2D eigenvalue weighted by Crippen LogP contribution is -2.23. The van der Waals surface area contributed by atoms with Gasteiger partial charge in [-0.2, -0.15) is 13.2 Å². The molecule has 12 heteroatoms. The molecule has 1 amide bonds. The number of benzene rings is 1. The molecule has 1 N–H and O–H groups in total. The highest BCUT2D eigenvalue weighted by molar-refractivity contribution is 8.00. The summed E-state index contributed by atoms with van der Waals surface area (Å²) in [5.74, 6) is -0.415. The van der Waals surface area contributed by atoms with Crippen LogP contribution in [-0.2, 0) is 11.0 Å². The second-order valence-corrected chi connectivity index (χ2v) is 6.42. The SMILES string of the molecule is COc1ccc([N+](=O)[O-])cc1NC(=O)C(C)Sc1nccc(C(F)(F)F)n1. The molecule has 2 rings (SSSR count). The zero-order chi connectivity index (χ0) is 20.2. The van der Waals surface area contributed by atoms with Gasteiger partial charge in [0.25, 0.3) is 5.69 Å². The number of hydrogen-bond donors (Lipinski definition) is 1. The number of thioether (sulfide) groups is 1. The van der Waals surface area contributed by atoms with Gasteiger partial charge in [0.1, 0.15) is 11.4 Å². The van der Waals surface area contributed by atoms with E-state index >= 15 is 0 Å². The van der Waals surface area contributed by atoms with E-state index < -0.39 is 28.0 Å². The molecule has 0 spiro atoms. The topological polar surface area (TPSA) is 107 Å². The number of non-ortho nitro benzene ring substituents is 1. The number of methoxy groups -OCH3 is 1. The molecule has 0 bridgehead atoms. The van der Waals surface area contributed by atoms with Gasteiger partial charge in [0.05, 0.1) is 23.0 Å². The van der Waals surface area contributed by atoms with E-state index in [9.17, 15) is 28.1 Å². The minimum Gasteiger partial charge on any atom is -0.495 e. The van der Waals surface area contributed by atoms with Gasteiger partial charge in [0.15, 0.2) is 5.16 Å². The molecule has 0 aliphatic rings. The third-order valence-corrected chi connectivity index (χ3v) is 4.20. The van der Waals surface area contributed by atoms with Crippen LogP contribution >= 0.6 is 11.8 Å². The number of hydrogen-bond acceptors (Lipinski definition) is 7. The molecule has 1 aromatic heterocycles. The van der Waals surface area contributed by atoms with Gasteiger partial charge < -0.3 is 10.1 Å². The van der Waals surface area contributed by atoms with Gasteiger partial charge in [-0.25, -0.2) is 9.97 Å². The summed E-state index contributed by atoms with van der Waals surface area (Å²) in [4.78, 5) is 29.6. The van der Waals surface area contributed by atoms with Crippen LogP contribution in [-0.4, -0.2) is 33.2 Å². The van der Waals surface area contributed by atoms with Gasteiger partial charge in [-0.3, -0.25) is 14.9 Å². The molecule has 0 aliphatic carbocycles. The molecular weight excluding hydrogens is 389 g/mol. The molecular formula is C15H13F3N4O4S. The lowest BCUT2D eigenvalue weighted by molar-refractivity contribution is -0.384. The summed E-state index contributed by atoms with van der Waals surface area (Å²) < 4.78 is 43.1. The number of amides is 1. The highest BCUT2D eigenvalue weighted by Crippen LogP contribution is 2.31. The van der Waals surface area contributed by atoms with Gasteiger partial charge in [0.2, 0.25) is 5.91 Å². The smallest absolute Gasteiger partial charge is 0.433 e. The number of ether oxygens (including phenoxy) is 1. The fraction of sp³-hybridized carbons (Fsp3) is 0.267. The van der Waals surface area contributed by atoms with Crippen molar-refractivity contribution in [2.24, 2.45) is 0 Å². The summed E-state index contributed by atoms with van der Waals surface area (Å²) in [6.07, 6.45) is -3.67. The van der Waals surface area contributed by atoms with Crippen molar-refractivity contribution in [1.29, 1.82) is 0 Å². The van der Waals surface area contributed by atoms with Crippen molar-refractivity contribution in [1.82, 2.24) is 9.97 Å². The second kappa shape index (κ2) is 8.20. The Kier molecular flexibility index (Phi) is 6.20. The number of nitrogens with zero attached hydrogens (tertiary/aromatic N) is 3. The first-order valence-electron chi connectivity index (χ1n) is 7.32. The fourth-order valence-electron chi connectivity index (χ4n) is 1.91. The van der Waals surface area contributed by atoms with E-state index in [1.54, 1.807) is 0 Å². The van der Waals surface area contributed by atoms with E-state index in [4.69, 9.17) is 4.74 Å². The first-order chi connectivity index (χ1) is 12.6. The number of carbonyl (C=O) groups is 1. The summed E-state index contributed by atoms with van der Waals surface area (Å²) in [5.41, 5.74) is -1.31. The Hall–Kier alpha value is -2.89. The van der Waals surface area contributed by atoms with E-state index in [1.807, 2.05) is 0 Å². The summed E-state index contributed by atoms with van der Waals surface area (Å²) in [6.45, 7) is 1.44. The minimum absolute atomic E-state index is 0.0640. The third-order valence-electron chi connectivity index (χ3n) is 3.23. The molecule has 0 saturated carbocycles. The Morgan fingerprint density at radius 3 is 2.67 bits per heavy atom. The normalized spacial score (nSPS) is 12.3. The van der Waals surface area contributed by atoms with Crippen molar-refractivity contribution in [2.45, 2.75) is 23.5 Å². The van der Waals surface area contributed by atoms with Crippen molar-refractivity contribution >= 4 is 29.0 Å². The van der Waals surface area contributed by atoms with Gasteiger partial charge in [-0.05, 0) is 19.1 Å². The largest absolute Gasteiger partial charge is 0.495 e. The van der Waals surface area contributed by atoms with Crippen molar-refractivity contribution in [3.63, 3.8) is 0 Å². The molecule has 1 atom stereocenters. The van der Waals surface area contributed by atoms with Crippen LogP contribution in [0, 0.1) is 10.1 Å². The molecule has 1 heterocycles. The number of rotatable bonds is 6. The Morgan fingerprint density at radius 1 is 1.37 bits per heavy atom. The fourth-order valence-corrected chi connectivity index (χ4v) is 2.66. The number of carbonyl (C=O) groups excluding carboxylic acids is 1. The lowest BCUT2D eigenvalue weighted by Gasteiger charge is -2.14. The number of nitrogens with one attached hydrogen (secondary N) is 1. The molecule has 27 heavy (non-hydrogen) atoms. The first kappa shape index (κ1) is 20.4. The monoisotopic (exact) mass is 402 g/mol. The van der Waals surface area contributed by atoms with Crippen LogP contribution in [0.15, 0.2) is 35.6 Å². The molecule has 1 unspecified atom stereocenters. The first-order valence-corrected chi connectivity index (χ1v) is 8.20. The maximum atomic E-state index is 12.7. The molecule has 0 saturated heterocycles. The predicted molar refractivity (Wildman–Crippen MR) is 90.6 cm³/mol. The molecule has 8 nitrogen and oxygen atoms in total. The van der Waals surface area contributed by atoms with Crippen LogP contribution < -0.4 is 10.1 Å². The highest BCUT2D eigenvalue weighted by atomic mass is 32.2. The van der Waals surface area contributed by atoms with Gasteiger partial charge in [-0.15, -0.1) is 0 Å². The van der Waals surface area contributed by atoms with E-state index in [0.717, 1.165) is 18.3 Å². The summed E-state index contributed by atoms with van der Waals surface area (Å²) in [6, 6.07) is 4.38. The van der Waals surface area contributed by atoms with Gasteiger partial charge >= 0.3 is 6.18 Å². The average molecular weight is 402 g/mol. The summed E-state index contributed by atoms with van der Waals surface area (Å²) in [7, 11) is 1.32. The quantitative estimate of drug-likeness (QED) is 0.341.